The van der Waals surface area contributed by atoms with E-state index in [1.165, 1.54) is 0 Å². The number of alkyl halides is 1. The molecule has 1 aromatic heterocycles. The van der Waals surface area contributed by atoms with Gasteiger partial charge in [-0.25, -0.2) is 4.39 Å². The van der Waals surface area contributed by atoms with Crippen molar-refractivity contribution in [1.29, 1.82) is 0 Å². The molecular weight excluding hydrogens is 449 g/mol. The molecule has 2 saturated carbocycles. The number of allylic oxidation sites excluding steroid dienone is 1. The lowest BCUT2D eigenvalue weighted by atomic mass is 9.52. The zero-order chi connectivity index (χ0) is 24.8. The highest BCUT2D eigenvalue weighted by Crippen LogP contribution is 2.72. The van der Waals surface area contributed by atoms with Crippen molar-refractivity contribution in [1.82, 2.24) is 9.88 Å². The zero-order valence-corrected chi connectivity index (χ0v) is 20.7. The SMILES string of the molecule is CN(C)C1CC23CCC4(O2)C2CC=C(C(=O)Nc5cccnc5)C2(C)CCC4(F)CC3C(O)C1O. The minimum absolute atomic E-state index is 0.148. The Bertz CT molecular complexity index is 1070. The first-order valence-corrected chi connectivity index (χ1v) is 12.9. The van der Waals surface area contributed by atoms with Crippen LogP contribution in [0.2, 0.25) is 0 Å². The maximum Gasteiger partial charge on any atom is 0.251 e. The van der Waals surface area contributed by atoms with E-state index in [9.17, 15) is 15.0 Å². The molecule has 3 aliphatic carbocycles. The molecule has 35 heavy (non-hydrogen) atoms. The number of nitrogens with zero attached hydrogens (tertiary/aromatic N) is 2. The van der Waals surface area contributed by atoms with Crippen molar-refractivity contribution in [2.24, 2.45) is 17.3 Å². The van der Waals surface area contributed by atoms with Crippen LogP contribution in [0.4, 0.5) is 10.1 Å². The first-order chi connectivity index (χ1) is 16.6. The van der Waals surface area contributed by atoms with Crippen molar-refractivity contribution >= 4 is 11.6 Å². The Hall–Kier alpha value is -1.87. The molecule has 5 aliphatic rings. The summed E-state index contributed by atoms with van der Waals surface area (Å²) in [5.41, 5.74) is -2.37. The lowest BCUT2D eigenvalue weighted by Crippen LogP contribution is -2.72. The van der Waals surface area contributed by atoms with E-state index in [0.717, 1.165) is 0 Å². The highest BCUT2D eigenvalue weighted by molar-refractivity contribution is 6.05. The number of nitrogens with one attached hydrogen (secondary N) is 1. The fourth-order valence-electron chi connectivity index (χ4n) is 8.55. The Morgan fingerprint density at radius 3 is 2.71 bits per heavy atom. The Labute approximate surface area is 205 Å². The predicted octanol–water partition coefficient (Wildman–Crippen LogP) is 2.84. The summed E-state index contributed by atoms with van der Waals surface area (Å²) in [7, 11) is 3.80. The summed E-state index contributed by atoms with van der Waals surface area (Å²) in [6.07, 6.45) is 6.77. The van der Waals surface area contributed by atoms with Crippen LogP contribution in [0, 0.1) is 17.3 Å². The van der Waals surface area contributed by atoms with Crippen molar-refractivity contribution in [3.05, 3.63) is 36.2 Å². The molecule has 8 heteroatoms. The monoisotopic (exact) mass is 485 g/mol. The lowest BCUT2D eigenvalue weighted by molar-refractivity contribution is -0.315. The van der Waals surface area contributed by atoms with Gasteiger partial charge in [0, 0.05) is 35.1 Å². The zero-order valence-electron chi connectivity index (χ0n) is 20.7. The highest BCUT2D eigenvalue weighted by Gasteiger charge is 2.77. The molecule has 3 heterocycles. The highest BCUT2D eigenvalue weighted by atomic mass is 19.1. The van der Waals surface area contributed by atoms with Gasteiger partial charge in [-0.2, -0.15) is 0 Å². The molecule has 1 aromatic rings. The van der Waals surface area contributed by atoms with E-state index < -0.39 is 40.4 Å². The van der Waals surface area contributed by atoms with Gasteiger partial charge in [0.15, 0.2) is 0 Å². The molecule has 0 aromatic carbocycles. The van der Waals surface area contributed by atoms with Crippen LogP contribution in [-0.2, 0) is 9.53 Å². The molecule has 0 radical (unpaired) electrons. The summed E-state index contributed by atoms with van der Waals surface area (Å²) in [6.45, 7) is 2.09. The van der Waals surface area contributed by atoms with Gasteiger partial charge >= 0.3 is 0 Å². The summed E-state index contributed by atoms with van der Waals surface area (Å²) < 4.78 is 24.0. The van der Waals surface area contributed by atoms with Crippen molar-refractivity contribution in [3.63, 3.8) is 0 Å². The Balaban J connectivity index is 1.32. The summed E-state index contributed by atoms with van der Waals surface area (Å²) in [6, 6.07) is 3.34. The molecule has 7 nitrogen and oxygen atoms in total. The molecule has 2 saturated heterocycles. The number of halogens is 1. The summed E-state index contributed by atoms with van der Waals surface area (Å²) in [5, 5.41) is 24.9. The normalized spacial score (nSPS) is 48.1. The molecule has 2 bridgehead atoms. The van der Waals surface area contributed by atoms with Gasteiger partial charge < -0.3 is 25.2 Å². The second-order valence-corrected chi connectivity index (χ2v) is 12.1. The Kier molecular flexibility index (Phi) is 5.09. The van der Waals surface area contributed by atoms with Gasteiger partial charge in [0.25, 0.3) is 5.91 Å². The third kappa shape index (κ3) is 3.03. The Morgan fingerprint density at radius 1 is 1.20 bits per heavy atom. The quantitative estimate of drug-likeness (QED) is 0.610. The van der Waals surface area contributed by atoms with Crippen LogP contribution in [0.25, 0.3) is 0 Å². The standard InChI is InChI=1S/C27H36FN3O4/c1-24-8-10-26(28)13-18-21(32)22(33)19(31(2)3)14-25(18)9-11-27(26,35-25)20(24)7-6-17(24)23(34)30-16-5-4-12-29-15-16/h4-6,12,15,18-22,32-33H,7-11,13-14H2,1-3H3,(H,30,34). The average Bonchev–Trinajstić information content (AvgIpc) is 3.36. The number of rotatable bonds is 3. The van der Waals surface area contributed by atoms with Gasteiger partial charge in [0.2, 0.25) is 0 Å². The second-order valence-electron chi connectivity index (χ2n) is 12.1. The third-order valence-electron chi connectivity index (χ3n) is 10.4. The van der Waals surface area contributed by atoms with Gasteiger partial charge in [0.1, 0.15) is 11.3 Å². The van der Waals surface area contributed by atoms with Crippen LogP contribution in [0.3, 0.4) is 0 Å². The van der Waals surface area contributed by atoms with Crippen LogP contribution in [0.15, 0.2) is 36.2 Å². The number of aliphatic hydroxyl groups is 2. The maximum atomic E-state index is 17.0. The number of hydrogen-bond donors (Lipinski definition) is 3. The van der Waals surface area contributed by atoms with E-state index in [-0.39, 0.29) is 30.7 Å². The molecule has 2 spiro atoms. The topological polar surface area (TPSA) is 94.9 Å². The largest absolute Gasteiger partial charge is 0.390 e. The number of carbonyl (C=O) groups excluding carboxylic acids is 1. The van der Waals surface area contributed by atoms with Crippen LogP contribution in [0.1, 0.15) is 51.9 Å². The fraction of sp³-hybridized carbons (Fsp3) is 0.704. The molecule has 190 valence electrons. The first-order valence-electron chi connectivity index (χ1n) is 12.9. The summed E-state index contributed by atoms with van der Waals surface area (Å²) >= 11 is 0. The van der Waals surface area contributed by atoms with E-state index in [1.54, 1.807) is 18.5 Å². The molecular formula is C27H36FN3O4. The van der Waals surface area contributed by atoms with Gasteiger partial charge in [0.05, 0.1) is 29.7 Å². The van der Waals surface area contributed by atoms with E-state index in [2.05, 4.69) is 17.2 Å². The van der Waals surface area contributed by atoms with Crippen molar-refractivity contribution in [2.45, 2.75) is 87.0 Å². The number of amides is 1. The van der Waals surface area contributed by atoms with Gasteiger partial charge in [-0.1, -0.05) is 13.0 Å². The number of aromatic nitrogens is 1. The second kappa shape index (κ2) is 7.57. The minimum Gasteiger partial charge on any atom is -0.390 e. The number of pyridine rings is 1. The number of likely N-dealkylation sites (N-methyl/N-ethyl adjacent to an activating group) is 1. The van der Waals surface area contributed by atoms with Crippen molar-refractivity contribution in [2.75, 3.05) is 19.4 Å². The number of fused-ring (bicyclic) bond motifs is 1. The van der Waals surface area contributed by atoms with Crippen molar-refractivity contribution < 1.29 is 24.1 Å². The number of anilines is 1. The molecule has 1 amide bonds. The molecule has 2 aliphatic heterocycles. The number of carbonyl (C=O) groups is 1. The van der Waals surface area contributed by atoms with Gasteiger partial charge in [-0.05, 0) is 71.2 Å². The van der Waals surface area contributed by atoms with E-state index >= 15 is 4.39 Å². The molecule has 9 atom stereocenters. The van der Waals surface area contributed by atoms with E-state index in [1.807, 2.05) is 31.1 Å². The van der Waals surface area contributed by atoms with Crippen LogP contribution in [0.5, 0.6) is 0 Å². The average molecular weight is 486 g/mol. The van der Waals surface area contributed by atoms with Crippen LogP contribution < -0.4 is 5.32 Å². The molecule has 6 rings (SSSR count). The smallest absolute Gasteiger partial charge is 0.251 e. The van der Waals surface area contributed by atoms with Crippen LogP contribution >= 0.6 is 0 Å². The van der Waals surface area contributed by atoms with Gasteiger partial charge in [-0.3, -0.25) is 9.78 Å². The summed E-state index contributed by atoms with van der Waals surface area (Å²) in [4.78, 5) is 19.3. The fourth-order valence-corrected chi connectivity index (χ4v) is 8.55. The van der Waals surface area contributed by atoms with Gasteiger partial charge in [-0.15, -0.1) is 0 Å². The number of aliphatic hydroxyl groups excluding tert-OH is 2. The first kappa shape index (κ1) is 23.5. The van der Waals surface area contributed by atoms with Crippen molar-refractivity contribution in [3.8, 4) is 0 Å². The molecule has 4 fully saturated rings. The lowest BCUT2D eigenvalue weighted by Gasteiger charge is -2.63. The predicted molar refractivity (Wildman–Crippen MR) is 128 cm³/mol. The summed E-state index contributed by atoms with van der Waals surface area (Å²) in [5.74, 6) is -0.733. The number of hydrogen-bond acceptors (Lipinski definition) is 6. The maximum absolute atomic E-state index is 17.0. The van der Waals surface area contributed by atoms with Crippen LogP contribution in [-0.4, -0.2) is 75.2 Å². The number of ether oxygens (including phenoxy) is 1. The molecule has 9 unspecified atom stereocenters. The molecule has 3 N–H and O–H groups in total. The van der Waals surface area contributed by atoms with E-state index in [0.29, 0.717) is 43.4 Å². The Morgan fingerprint density at radius 2 is 2.00 bits per heavy atom. The van der Waals surface area contributed by atoms with E-state index in [4.69, 9.17) is 4.74 Å². The minimum atomic E-state index is -1.59. The third-order valence-corrected chi connectivity index (χ3v) is 10.4.